The van der Waals surface area contributed by atoms with E-state index in [4.69, 9.17) is 5.26 Å². The molecule has 1 aromatic carbocycles. The van der Waals surface area contributed by atoms with Crippen LogP contribution in [0.5, 0.6) is 0 Å². The fourth-order valence-corrected chi connectivity index (χ4v) is 1.46. The van der Waals surface area contributed by atoms with E-state index in [0.29, 0.717) is 11.3 Å². The van der Waals surface area contributed by atoms with Gasteiger partial charge in [0, 0.05) is 11.7 Å². The molecule has 0 aliphatic rings. The number of benzene rings is 1. The Kier molecular flexibility index (Phi) is 4.87. The van der Waals surface area contributed by atoms with Gasteiger partial charge < -0.3 is 10.6 Å². The van der Waals surface area contributed by atoms with Crippen LogP contribution in [0.3, 0.4) is 0 Å². The molecule has 0 aliphatic carbocycles. The molecule has 2 N–H and O–H groups in total. The number of hydrogen-bond acceptors (Lipinski definition) is 3. The maximum absolute atomic E-state index is 12.2. The summed E-state index contributed by atoms with van der Waals surface area (Å²) < 4.78 is 0. The van der Waals surface area contributed by atoms with Crippen LogP contribution >= 0.6 is 0 Å². The van der Waals surface area contributed by atoms with E-state index in [2.05, 4.69) is 10.6 Å². The molecule has 0 bridgehead atoms. The summed E-state index contributed by atoms with van der Waals surface area (Å²) in [4.78, 5) is 24.2. The lowest BCUT2D eigenvalue weighted by Gasteiger charge is -2.24. The van der Waals surface area contributed by atoms with Crippen molar-refractivity contribution in [1.29, 1.82) is 5.26 Å². The molecule has 0 saturated heterocycles. The van der Waals surface area contributed by atoms with Crippen LogP contribution in [0.15, 0.2) is 24.3 Å². The topological polar surface area (TPSA) is 82.0 Å². The van der Waals surface area contributed by atoms with Gasteiger partial charge in [0.1, 0.15) is 5.41 Å². The van der Waals surface area contributed by atoms with Gasteiger partial charge in [-0.1, -0.05) is 0 Å². The molecule has 0 fully saturated rings. The highest BCUT2D eigenvalue weighted by Gasteiger charge is 2.36. The molecular formula is C15H19N3O2. The summed E-state index contributed by atoms with van der Waals surface area (Å²) >= 11 is 0. The Bertz CT molecular complexity index is 539. The first-order valence-corrected chi connectivity index (χ1v) is 6.40. The molecule has 0 atom stereocenters. The molecule has 1 aromatic rings. The third kappa shape index (κ3) is 3.82. The molecule has 20 heavy (non-hydrogen) atoms. The minimum atomic E-state index is -1.17. The van der Waals surface area contributed by atoms with Gasteiger partial charge in [0.05, 0.1) is 11.6 Å². The zero-order valence-corrected chi connectivity index (χ0v) is 12.2. The van der Waals surface area contributed by atoms with Gasteiger partial charge in [0.15, 0.2) is 0 Å². The molecule has 0 spiro atoms. The largest absolute Gasteiger partial charge is 0.353 e. The second-order valence-electron chi connectivity index (χ2n) is 5.40. The highest BCUT2D eigenvalue weighted by Crippen LogP contribution is 2.19. The van der Waals surface area contributed by atoms with Gasteiger partial charge in [-0.2, -0.15) is 5.26 Å². The molecule has 0 aliphatic heterocycles. The van der Waals surface area contributed by atoms with Gasteiger partial charge in [0.25, 0.3) is 0 Å². The van der Waals surface area contributed by atoms with Gasteiger partial charge >= 0.3 is 0 Å². The fraction of sp³-hybridized carbons (Fsp3) is 0.400. The molecule has 0 heterocycles. The zero-order valence-electron chi connectivity index (χ0n) is 12.2. The highest BCUT2D eigenvalue weighted by atomic mass is 16.2. The number of nitriles is 1. The average Bonchev–Trinajstić information content (AvgIpc) is 2.38. The summed E-state index contributed by atoms with van der Waals surface area (Å²) in [6.07, 6.45) is 0. The number of anilines is 1. The number of carbonyl (C=O) groups is 2. The normalized spacial score (nSPS) is 10.8. The maximum atomic E-state index is 12.2. The Labute approximate surface area is 119 Å². The van der Waals surface area contributed by atoms with E-state index < -0.39 is 5.41 Å². The van der Waals surface area contributed by atoms with Crippen molar-refractivity contribution in [3.63, 3.8) is 0 Å². The Hall–Kier alpha value is -2.35. The molecule has 0 aromatic heterocycles. The SMILES string of the molecule is CC(C)NC(=O)C(C)(C)C(=O)Nc1ccc(C#N)cc1. The lowest BCUT2D eigenvalue weighted by atomic mass is 9.90. The summed E-state index contributed by atoms with van der Waals surface area (Å²) in [6, 6.07) is 8.46. The fourth-order valence-electron chi connectivity index (χ4n) is 1.46. The monoisotopic (exact) mass is 273 g/mol. The van der Waals surface area contributed by atoms with E-state index >= 15 is 0 Å². The summed E-state index contributed by atoms with van der Waals surface area (Å²) in [5.74, 6) is -0.709. The Morgan fingerprint density at radius 1 is 1.15 bits per heavy atom. The predicted molar refractivity (Wildman–Crippen MR) is 76.8 cm³/mol. The molecule has 0 saturated carbocycles. The molecule has 106 valence electrons. The van der Waals surface area contributed by atoms with Crippen LogP contribution < -0.4 is 10.6 Å². The number of carbonyl (C=O) groups excluding carboxylic acids is 2. The van der Waals surface area contributed by atoms with Crippen LogP contribution in [0.1, 0.15) is 33.3 Å². The van der Waals surface area contributed by atoms with Gasteiger partial charge in [0.2, 0.25) is 11.8 Å². The predicted octanol–water partition coefficient (Wildman–Crippen LogP) is 2.05. The maximum Gasteiger partial charge on any atom is 0.239 e. The molecule has 1 rings (SSSR count). The highest BCUT2D eigenvalue weighted by molar-refractivity contribution is 6.09. The van der Waals surface area contributed by atoms with Crippen molar-refractivity contribution in [2.24, 2.45) is 5.41 Å². The van der Waals surface area contributed by atoms with Crippen molar-refractivity contribution >= 4 is 17.5 Å². The van der Waals surface area contributed by atoms with E-state index in [1.54, 1.807) is 38.1 Å². The van der Waals surface area contributed by atoms with Crippen molar-refractivity contribution < 1.29 is 9.59 Å². The lowest BCUT2D eigenvalue weighted by Crippen LogP contribution is -2.47. The van der Waals surface area contributed by atoms with Crippen LogP contribution in [0.25, 0.3) is 0 Å². The van der Waals surface area contributed by atoms with Crippen molar-refractivity contribution in [3.05, 3.63) is 29.8 Å². The molecule has 0 unspecified atom stereocenters. The first-order valence-electron chi connectivity index (χ1n) is 6.40. The minimum Gasteiger partial charge on any atom is -0.353 e. The molecule has 2 amide bonds. The third-order valence-corrected chi connectivity index (χ3v) is 2.83. The summed E-state index contributed by atoms with van der Waals surface area (Å²) in [5.41, 5.74) is -0.0997. The van der Waals surface area contributed by atoms with Gasteiger partial charge in [-0.15, -0.1) is 0 Å². The van der Waals surface area contributed by atoms with Crippen molar-refractivity contribution in [2.75, 3.05) is 5.32 Å². The number of hydrogen-bond donors (Lipinski definition) is 2. The standard InChI is InChI=1S/C15H19N3O2/c1-10(2)17-13(19)15(3,4)14(20)18-12-7-5-11(9-16)6-8-12/h5-8,10H,1-4H3,(H,17,19)(H,18,20). The van der Waals surface area contributed by atoms with E-state index in [1.807, 2.05) is 19.9 Å². The van der Waals surface area contributed by atoms with Crippen LogP contribution in [0.4, 0.5) is 5.69 Å². The molecule has 0 radical (unpaired) electrons. The number of amides is 2. The number of rotatable bonds is 4. The molecular weight excluding hydrogens is 254 g/mol. The van der Waals surface area contributed by atoms with Gasteiger partial charge in [-0.3, -0.25) is 9.59 Å². The van der Waals surface area contributed by atoms with Crippen LogP contribution in [-0.2, 0) is 9.59 Å². The van der Waals surface area contributed by atoms with Crippen molar-refractivity contribution in [1.82, 2.24) is 5.32 Å². The van der Waals surface area contributed by atoms with E-state index in [9.17, 15) is 9.59 Å². The van der Waals surface area contributed by atoms with Crippen LogP contribution in [-0.4, -0.2) is 17.9 Å². The number of nitrogens with zero attached hydrogens (tertiary/aromatic N) is 1. The lowest BCUT2D eigenvalue weighted by molar-refractivity contribution is -0.138. The van der Waals surface area contributed by atoms with E-state index in [0.717, 1.165) is 0 Å². The Balaban J connectivity index is 2.78. The van der Waals surface area contributed by atoms with Crippen molar-refractivity contribution in [2.45, 2.75) is 33.7 Å². The van der Waals surface area contributed by atoms with E-state index in [1.165, 1.54) is 0 Å². The van der Waals surface area contributed by atoms with Crippen LogP contribution in [0.2, 0.25) is 0 Å². The molecule has 5 nitrogen and oxygen atoms in total. The van der Waals surface area contributed by atoms with Crippen molar-refractivity contribution in [3.8, 4) is 6.07 Å². The zero-order chi connectivity index (χ0) is 15.3. The van der Waals surface area contributed by atoms with Gasteiger partial charge in [-0.05, 0) is 52.0 Å². The van der Waals surface area contributed by atoms with E-state index in [-0.39, 0.29) is 17.9 Å². The smallest absolute Gasteiger partial charge is 0.239 e. The second kappa shape index (κ2) is 6.20. The first-order chi connectivity index (χ1) is 9.27. The summed E-state index contributed by atoms with van der Waals surface area (Å²) in [6.45, 7) is 6.83. The van der Waals surface area contributed by atoms with Gasteiger partial charge in [-0.25, -0.2) is 0 Å². The summed E-state index contributed by atoms with van der Waals surface area (Å²) in [5, 5.41) is 14.1. The Morgan fingerprint density at radius 2 is 1.70 bits per heavy atom. The Morgan fingerprint density at radius 3 is 2.15 bits per heavy atom. The third-order valence-electron chi connectivity index (χ3n) is 2.83. The number of nitrogens with one attached hydrogen (secondary N) is 2. The minimum absolute atomic E-state index is 0.0236. The average molecular weight is 273 g/mol. The van der Waals surface area contributed by atoms with Crippen LogP contribution in [0, 0.1) is 16.7 Å². The first kappa shape index (κ1) is 15.7. The molecule has 5 heteroatoms. The quantitative estimate of drug-likeness (QED) is 0.824. The summed E-state index contributed by atoms with van der Waals surface area (Å²) in [7, 11) is 0. The second-order valence-corrected chi connectivity index (χ2v) is 5.40.